The van der Waals surface area contributed by atoms with E-state index in [1.807, 2.05) is 11.0 Å². The first-order valence-corrected chi connectivity index (χ1v) is 10.5. The fourth-order valence-corrected chi connectivity index (χ4v) is 5.38. The molecule has 2 aromatic carbocycles. The van der Waals surface area contributed by atoms with Gasteiger partial charge in [-0.1, -0.05) is 39.0 Å². The second-order valence-electron chi connectivity index (χ2n) is 9.61. The van der Waals surface area contributed by atoms with Crippen molar-refractivity contribution in [3.8, 4) is 5.75 Å². The zero-order valence-electron chi connectivity index (χ0n) is 18.4. The average Bonchev–Trinajstić information content (AvgIpc) is 2.70. The van der Waals surface area contributed by atoms with Crippen molar-refractivity contribution in [3.63, 3.8) is 0 Å². The number of carbonyl (C=O) groups excluding carboxylic acids is 2. The van der Waals surface area contributed by atoms with Crippen molar-refractivity contribution >= 4 is 11.8 Å². The van der Waals surface area contributed by atoms with E-state index in [4.69, 9.17) is 0 Å². The first kappa shape index (κ1) is 20.5. The van der Waals surface area contributed by atoms with Gasteiger partial charge in [-0.3, -0.25) is 9.59 Å². The molecule has 2 unspecified atom stereocenters. The molecule has 1 N–H and O–H groups in total. The van der Waals surface area contributed by atoms with E-state index in [1.165, 1.54) is 10.5 Å². The lowest BCUT2D eigenvalue weighted by Crippen LogP contribution is -2.64. The number of phenols is 1. The van der Waals surface area contributed by atoms with E-state index < -0.39 is 0 Å². The third-order valence-corrected chi connectivity index (χ3v) is 7.65. The van der Waals surface area contributed by atoms with Crippen molar-refractivity contribution < 1.29 is 14.7 Å². The van der Waals surface area contributed by atoms with Crippen LogP contribution in [0.15, 0.2) is 42.5 Å². The minimum atomic E-state index is -0.154. The summed E-state index contributed by atoms with van der Waals surface area (Å²) in [5, 5.41) is 10.5. The molecule has 30 heavy (non-hydrogen) atoms. The van der Waals surface area contributed by atoms with E-state index in [0.29, 0.717) is 29.8 Å². The summed E-state index contributed by atoms with van der Waals surface area (Å²) in [6.07, 6.45) is 1.46. The molecular formula is C25H30N2O3. The Balaban J connectivity index is 1.73. The number of rotatable bonds is 2. The van der Waals surface area contributed by atoms with E-state index in [2.05, 4.69) is 26.8 Å². The smallest absolute Gasteiger partial charge is 0.254 e. The predicted octanol–water partition coefficient (Wildman–Crippen LogP) is 3.85. The predicted molar refractivity (Wildman–Crippen MR) is 117 cm³/mol. The zero-order valence-corrected chi connectivity index (χ0v) is 18.4. The molecule has 0 radical (unpaired) electrons. The zero-order chi connectivity index (χ0) is 21.8. The molecule has 0 spiro atoms. The van der Waals surface area contributed by atoms with E-state index in [-0.39, 0.29) is 28.7 Å². The summed E-state index contributed by atoms with van der Waals surface area (Å²) in [6.45, 7) is 7.38. The number of likely N-dealkylation sites (tertiary alicyclic amines) is 1. The fraction of sp³-hybridized carbons (Fsp3) is 0.440. The minimum absolute atomic E-state index is 0.0299. The van der Waals surface area contributed by atoms with Crippen molar-refractivity contribution in [2.45, 2.75) is 45.1 Å². The van der Waals surface area contributed by atoms with Crippen LogP contribution in [0, 0.1) is 5.41 Å². The second kappa shape index (κ2) is 6.86. The molecule has 2 atom stereocenters. The van der Waals surface area contributed by atoms with Gasteiger partial charge in [0.2, 0.25) is 0 Å². The Labute approximate surface area is 178 Å². The fourth-order valence-electron chi connectivity index (χ4n) is 5.38. The van der Waals surface area contributed by atoms with Crippen LogP contribution < -0.4 is 0 Å². The van der Waals surface area contributed by atoms with Crippen molar-refractivity contribution in [3.05, 3.63) is 64.7 Å². The van der Waals surface area contributed by atoms with Crippen LogP contribution in [0.3, 0.4) is 0 Å². The summed E-state index contributed by atoms with van der Waals surface area (Å²) in [7, 11) is 3.41. The molecule has 1 heterocycles. The number of amides is 2. The highest BCUT2D eigenvalue weighted by molar-refractivity contribution is 5.99. The maximum atomic E-state index is 13.6. The van der Waals surface area contributed by atoms with Gasteiger partial charge in [-0.25, -0.2) is 0 Å². The summed E-state index contributed by atoms with van der Waals surface area (Å²) in [6, 6.07) is 12.7. The molecule has 5 heteroatoms. The van der Waals surface area contributed by atoms with Crippen molar-refractivity contribution in [1.82, 2.24) is 9.80 Å². The molecule has 5 nitrogen and oxygen atoms in total. The summed E-state index contributed by atoms with van der Waals surface area (Å²) >= 11 is 0. The number of benzene rings is 2. The highest BCUT2D eigenvalue weighted by Crippen LogP contribution is 2.57. The van der Waals surface area contributed by atoms with Crippen LogP contribution in [0.25, 0.3) is 0 Å². The van der Waals surface area contributed by atoms with Gasteiger partial charge in [-0.15, -0.1) is 0 Å². The Hall–Kier alpha value is -2.82. The maximum absolute atomic E-state index is 13.6. The van der Waals surface area contributed by atoms with Gasteiger partial charge in [-0.2, -0.15) is 0 Å². The van der Waals surface area contributed by atoms with Gasteiger partial charge in [0.1, 0.15) is 5.75 Å². The third-order valence-electron chi connectivity index (χ3n) is 7.65. The second-order valence-corrected chi connectivity index (χ2v) is 9.61. The van der Waals surface area contributed by atoms with Gasteiger partial charge in [0.15, 0.2) is 0 Å². The van der Waals surface area contributed by atoms with Gasteiger partial charge < -0.3 is 14.9 Å². The third kappa shape index (κ3) is 2.83. The van der Waals surface area contributed by atoms with Gasteiger partial charge in [-0.05, 0) is 53.6 Å². The number of aromatic hydroxyl groups is 1. The lowest BCUT2D eigenvalue weighted by atomic mass is 9.51. The molecular weight excluding hydrogens is 376 g/mol. The molecule has 1 aliphatic heterocycles. The highest BCUT2D eigenvalue weighted by Gasteiger charge is 2.57. The summed E-state index contributed by atoms with van der Waals surface area (Å²) in [5.41, 5.74) is 2.93. The SMILES string of the molecule is CN(C)C(=O)c1cccc(C(=O)N2CCC3(C)c4cccc(O)c4CC2C3(C)C)c1. The van der Waals surface area contributed by atoms with Crippen LogP contribution in [0.2, 0.25) is 0 Å². The number of hydrogen-bond donors (Lipinski definition) is 1. The largest absolute Gasteiger partial charge is 0.508 e. The number of phenolic OH excluding ortho intramolecular Hbond substituents is 1. The molecule has 158 valence electrons. The molecule has 0 aromatic heterocycles. The Morgan fingerprint density at radius 2 is 1.73 bits per heavy atom. The number of fused-ring (bicyclic) bond motifs is 4. The first-order valence-electron chi connectivity index (χ1n) is 10.5. The topological polar surface area (TPSA) is 60.9 Å². The summed E-state index contributed by atoms with van der Waals surface area (Å²) in [4.78, 5) is 29.4. The molecule has 2 amide bonds. The standard InChI is InChI=1S/C25H30N2O3/c1-24(2)21-15-18-19(10-7-11-20(18)28)25(24,3)12-13-27(21)23(30)17-9-6-8-16(14-17)22(29)26(4)5/h6-11,14,21,28H,12-13,15H2,1-5H3. The van der Waals surface area contributed by atoms with E-state index >= 15 is 0 Å². The molecule has 1 aliphatic carbocycles. The molecule has 4 rings (SSSR count). The van der Waals surface area contributed by atoms with Gasteiger partial charge >= 0.3 is 0 Å². The van der Waals surface area contributed by atoms with Crippen molar-refractivity contribution in [2.75, 3.05) is 20.6 Å². The number of piperidine rings is 1. The van der Waals surface area contributed by atoms with Gasteiger partial charge in [0.25, 0.3) is 11.8 Å². The minimum Gasteiger partial charge on any atom is -0.508 e. The van der Waals surface area contributed by atoms with Crippen LogP contribution in [-0.2, 0) is 11.8 Å². The average molecular weight is 407 g/mol. The molecule has 2 aromatic rings. The number of hydrogen-bond acceptors (Lipinski definition) is 3. The monoisotopic (exact) mass is 406 g/mol. The van der Waals surface area contributed by atoms with Gasteiger partial charge in [0, 0.05) is 43.2 Å². The Morgan fingerprint density at radius 3 is 2.43 bits per heavy atom. The molecule has 2 aliphatic rings. The van der Waals surface area contributed by atoms with Crippen LogP contribution in [0.4, 0.5) is 0 Å². The van der Waals surface area contributed by atoms with E-state index in [1.54, 1.807) is 44.4 Å². The van der Waals surface area contributed by atoms with Crippen LogP contribution >= 0.6 is 0 Å². The molecule has 1 saturated heterocycles. The Morgan fingerprint density at radius 1 is 1.07 bits per heavy atom. The molecule has 1 fully saturated rings. The maximum Gasteiger partial charge on any atom is 0.254 e. The summed E-state index contributed by atoms with van der Waals surface area (Å²) < 4.78 is 0. The van der Waals surface area contributed by atoms with Gasteiger partial charge in [0.05, 0.1) is 0 Å². The quantitative estimate of drug-likeness (QED) is 0.824. The van der Waals surface area contributed by atoms with Crippen LogP contribution in [0.5, 0.6) is 5.75 Å². The molecule has 2 bridgehead atoms. The normalized spacial score (nSPS) is 24.2. The van der Waals surface area contributed by atoms with E-state index in [0.717, 1.165) is 12.0 Å². The summed E-state index contributed by atoms with van der Waals surface area (Å²) in [5.74, 6) is 0.141. The number of carbonyl (C=O) groups is 2. The first-order chi connectivity index (χ1) is 14.1. The lowest BCUT2D eigenvalue weighted by Gasteiger charge is -2.60. The van der Waals surface area contributed by atoms with Crippen molar-refractivity contribution in [1.29, 1.82) is 0 Å². The number of nitrogens with zero attached hydrogens (tertiary/aromatic N) is 2. The Kier molecular flexibility index (Phi) is 4.68. The van der Waals surface area contributed by atoms with Crippen LogP contribution in [-0.4, -0.2) is 53.4 Å². The van der Waals surface area contributed by atoms with E-state index in [9.17, 15) is 14.7 Å². The van der Waals surface area contributed by atoms with Crippen LogP contribution in [0.1, 0.15) is 59.0 Å². The highest BCUT2D eigenvalue weighted by atomic mass is 16.3. The van der Waals surface area contributed by atoms with Crippen molar-refractivity contribution in [2.24, 2.45) is 5.41 Å². The molecule has 0 saturated carbocycles. The Bertz CT molecular complexity index is 1030. The lowest BCUT2D eigenvalue weighted by molar-refractivity contribution is -0.0266.